The minimum atomic E-state index is 0.175. The van der Waals surface area contributed by atoms with Gasteiger partial charge in [0.05, 0.1) is 0 Å². The fourth-order valence-electron chi connectivity index (χ4n) is 2.02. The first-order valence-corrected chi connectivity index (χ1v) is 7.61. The van der Waals surface area contributed by atoms with Crippen LogP contribution in [0, 0.1) is 11.3 Å². The largest absolute Gasteiger partial charge is 0.356 e. The predicted octanol–water partition coefficient (Wildman–Crippen LogP) is 1.47. The summed E-state index contributed by atoms with van der Waals surface area (Å²) < 4.78 is 0. The van der Waals surface area contributed by atoms with Crippen molar-refractivity contribution in [2.75, 3.05) is 39.3 Å². The van der Waals surface area contributed by atoms with E-state index in [4.69, 9.17) is 0 Å². The number of rotatable bonds is 7. The van der Waals surface area contributed by atoms with E-state index >= 15 is 0 Å². The zero-order valence-corrected chi connectivity index (χ0v) is 13.1. The summed E-state index contributed by atoms with van der Waals surface area (Å²) in [5, 5.41) is 6.41. The molecule has 4 nitrogen and oxygen atoms in total. The number of nitrogens with one attached hydrogen (secondary N) is 2. The van der Waals surface area contributed by atoms with Gasteiger partial charge >= 0.3 is 0 Å². The van der Waals surface area contributed by atoms with Gasteiger partial charge in [0.15, 0.2) is 0 Å². The molecule has 0 saturated carbocycles. The molecular formula is C15H31N3O. The lowest BCUT2D eigenvalue weighted by Gasteiger charge is -2.29. The maximum absolute atomic E-state index is 11.8. The average molecular weight is 269 g/mol. The van der Waals surface area contributed by atoms with Crippen LogP contribution in [0.3, 0.4) is 0 Å². The van der Waals surface area contributed by atoms with Gasteiger partial charge in [0.1, 0.15) is 0 Å². The van der Waals surface area contributed by atoms with Crippen molar-refractivity contribution in [1.29, 1.82) is 0 Å². The summed E-state index contributed by atoms with van der Waals surface area (Å²) in [6.45, 7) is 15.0. The third-order valence-electron chi connectivity index (χ3n) is 4.39. The molecule has 112 valence electrons. The van der Waals surface area contributed by atoms with Crippen LogP contribution in [0.2, 0.25) is 0 Å². The summed E-state index contributed by atoms with van der Waals surface area (Å²) in [6.07, 6.45) is 1.62. The fourth-order valence-corrected chi connectivity index (χ4v) is 2.02. The van der Waals surface area contributed by atoms with Gasteiger partial charge < -0.3 is 15.5 Å². The Morgan fingerprint density at radius 2 is 1.95 bits per heavy atom. The zero-order chi connectivity index (χ0) is 14.3. The summed E-state index contributed by atoms with van der Waals surface area (Å²) in [5.74, 6) is 0.775. The molecule has 0 aliphatic carbocycles. The standard InChI is InChI=1S/C15H31N3O/c1-13(2)15(3,4)12-17-14(19)6-5-9-18-10-7-16-8-11-18/h13,16H,5-12H2,1-4H3,(H,17,19). The molecule has 1 saturated heterocycles. The Morgan fingerprint density at radius 3 is 2.53 bits per heavy atom. The van der Waals surface area contributed by atoms with Crippen LogP contribution >= 0.6 is 0 Å². The maximum atomic E-state index is 11.8. The summed E-state index contributed by atoms with van der Waals surface area (Å²) in [7, 11) is 0. The molecule has 0 aromatic heterocycles. The minimum Gasteiger partial charge on any atom is -0.356 e. The first-order valence-electron chi connectivity index (χ1n) is 7.61. The summed E-state index contributed by atoms with van der Waals surface area (Å²) in [5.41, 5.74) is 0.175. The molecule has 1 aliphatic heterocycles. The molecule has 1 fully saturated rings. The Morgan fingerprint density at radius 1 is 1.32 bits per heavy atom. The minimum absolute atomic E-state index is 0.175. The van der Waals surface area contributed by atoms with Crippen molar-refractivity contribution in [2.24, 2.45) is 11.3 Å². The van der Waals surface area contributed by atoms with E-state index in [1.54, 1.807) is 0 Å². The molecule has 0 spiro atoms. The topological polar surface area (TPSA) is 44.4 Å². The molecule has 0 aromatic carbocycles. The van der Waals surface area contributed by atoms with E-state index < -0.39 is 0 Å². The molecule has 1 heterocycles. The van der Waals surface area contributed by atoms with Crippen molar-refractivity contribution in [3.63, 3.8) is 0 Å². The highest BCUT2D eigenvalue weighted by atomic mass is 16.1. The van der Waals surface area contributed by atoms with Crippen molar-refractivity contribution in [3.05, 3.63) is 0 Å². The van der Waals surface area contributed by atoms with E-state index in [1.807, 2.05) is 0 Å². The molecule has 0 aromatic rings. The molecule has 19 heavy (non-hydrogen) atoms. The van der Waals surface area contributed by atoms with Crippen molar-refractivity contribution in [2.45, 2.75) is 40.5 Å². The predicted molar refractivity (Wildman–Crippen MR) is 80.2 cm³/mol. The summed E-state index contributed by atoms with van der Waals surface area (Å²) >= 11 is 0. The fraction of sp³-hybridized carbons (Fsp3) is 0.933. The van der Waals surface area contributed by atoms with Gasteiger partial charge in [-0.25, -0.2) is 0 Å². The Kier molecular flexibility index (Phi) is 6.80. The van der Waals surface area contributed by atoms with Gasteiger partial charge in [0.25, 0.3) is 0 Å². The number of hydrogen-bond acceptors (Lipinski definition) is 3. The first kappa shape index (κ1) is 16.4. The van der Waals surface area contributed by atoms with Crippen LogP contribution < -0.4 is 10.6 Å². The summed E-state index contributed by atoms with van der Waals surface area (Å²) in [4.78, 5) is 14.2. The summed E-state index contributed by atoms with van der Waals surface area (Å²) in [6, 6.07) is 0. The molecule has 0 atom stereocenters. The Labute approximate surface area is 118 Å². The van der Waals surface area contributed by atoms with E-state index in [-0.39, 0.29) is 11.3 Å². The smallest absolute Gasteiger partial charge is 0.220 e. The van der Waals surface area contributed by atoms with Gasteiger partial charge in [0.2, 0.25) is 5.91 Å². The Balaban J connectivity index is 2.10. The third kappa shape index (κ3) is 6.39. The average Bonchev–Trinajstić information content (AvgIpc) is 2.37. The second-order valence-electron chi connectivity index (χ2n) is 6.62. The van der Waals surface area contributed by atoms with Gasteiger partial charge in [-0.2, -0.15) is 0 Å². The van der Waals surface area contributed by atoms with Crippen molar-refractivity contribution < 1.29 is 4.79 Å². The van der Waals surface area contributed by atoms with Crippen LogP contribution in [0.1, 0.15) is 40.5 Å². The molecule has 1 aliphatic rings. The molecular weight excluding hydrogens is 238 g/mol. The zero-order valence-electron chi connectivity index (χ0n) is 13.1. The second kappa shape index (κ2) is 7.85. The third-order valence-corrected chi connectivity index (χ3v) is 4.39. The number of carbonyl (C=O) groups is 1. The van der Waals surface area contributed by atoms with Gasteiger partial charge in [-0.3, -0.25) is 4.79 Å². The van der Waals surface area contributed by atoms with Gasteiger partial charge in [0, 0.05) is 39.1 Å². The van der Waals surface area contributed by atoms with Crippen LogP contribution in [-0.2, 0) is 4.79 Å². The number of hydrogen-bond donors (Lipinski definition) is 2. The van der Waals surface area contributed by atoms with Crippen LogP contribution in [0.15, 0.2) is 0 Å². The maximum Gasteiger partial charge on any atom is 0.220 e. The highest BCUT2D eigenvalue weighted by molar-refractivity contribution is 5.75. The molecule has 1 rings (SSSR count). The van der Waals surface area contributed by atoms with Gasteiger partial charge in [-0.1, -0.05) is 27.7 Å². The molecule has 0 unspecified atom stereocenters. The SMILES string of the molecule is CC(C)C(C)(C)CNC(=O)CCCN1CCNCC1. The lowest BCUT2D eigenvalue weighted by atomic mass is 9.81. The quantitative estimate of drug-likeness (QED) is 0.735. The first-order chi connectivity index (χ1) is 8.92. The van der Waals surface area contributed by atoms with Gasteiger partial charge in [-0.15, -0.1) is 0 Å². The number of amides is 1. The van der Waals surface area contributed by atoms with Crippen LogP contribution in [0.25, 0.3) is 0 Å². The van der Waals surface area contributed by atoms with Crippen molar-refractivity contribution in [1.82, 2.24) is 15.5 Å². The van der Waals surface area contributed by atoms with E-state index in [1.165, 1.54) is 0 Å². The lowest BCUT2D eigenvalue weighted by molar-refractivity contribution is -0.121. The molecule has 0 radical (unpaired) electrons. The molecule has 2 N–H and O–H groups in total. The number of piperazine rings is 1. The van der Waals surface area contributed by atoms with E-state index in [9.17, 15) is 4.79 Å². The lowest BCUT2D eigenvalue weighted by Crippen LogP contribution is -2.44. The van der Waals surface area contributed by atoms with E-state index in [0.29, 0.717) is 12.3 Å². The Hall–Kier alpha value is -0.610. The number of carbonyl (C=O) groups excluding carboxylic acids is 1. The normalized spacial score (nSPS) is 17.7. The van der Waals surface area contributed by atoms with Crippen LogP contribution in [0.4, 0.5) is 0 Å². The molecule has 0 bridgehead atoms. The molecule has 4 heteroatoms. The molecule has 1 amide bonds. The monoisotopic (exact) mass is 269 g/mol. The van der Waals surface area contributed by atoms with E-state index in [0.717, 1.165) is 45.7 Å². The van der Waals surface area contributed by atoms with Gasteiger partial charge in [-0.05, 0) is 24.3 Å². The van der Waals surface area contributed by atoms with Crippen LogP contribution in [-0.4, -0.2) is 50.1 Å². The van der Waals surface area contributed by atoms with Crippen molar-refractivity contribution >= 4 is 5.91 Å². The number of nitrogens with zero attached hydrogens (tertiary/aromatic N) is 1. The highest BCUT2D eigenvalue weighted by Gasteiger charge is 2.22. The Bertz CT molecular complexity index is 271. The van der Waals surface area contributed by atoms with Crippen LogP contribution in [0.5, 0.6) is 0 Å². The highest BCUT2D eigenvalue weighted by Crippen LogP contribution is 2.24. The van der Waals surface area contributed by atoms with E-state index in [2.05, 4.69) is 43.2 Å². The van der Waals surface area contributed by atoms with Crippen molar-refractivity contribution in [3.8, 4) is 0 Å². The second-order valence-corrected chi connectivity index (χ2v) is 6.62.